The van der Waals surface area contributed by atoms with E-state index in [2.05, 4.69) is 36.0 Å². The lowest BCUT2D eigenvalue weighted by Crippen LogP contribution is -2.34. The SMILES string of the molecule is COCCOc1nsc(NC(=O)N2CC3C[C@@H](Nc4c(C#N)cnc5[nH]ccc45)C[C@@H]3C2)n1. The molecule has 3 N–H and O–H groups in total. The number of methoxy groups -OCH3 is 1. The van der Waals surface area contributed by atoms with Crippen LogP contribution in [0.3, 0.4) is 0 Å². The standard InChI is InChI=1S/C21H24N8O3S/c1-31-4-5-32-19-26-20(33-28-19)27-21(30)29-10-12-6-15(7-13(12)11-29)25-17-14(8-22)9-24-18-16(17)2-3-23-18/h2-3,9,12-13,15H,4-7,10-11H2,1H3,(H2,23,24,25)(H,26,27,28,30)/t12-,13?,15+/m1/s1. The van der Waals surface area contributed by atoms with E-state index in [4.69, 9.17) is 9.47 Å². The fourth-order valence-corrected chi connectivity index (χ4v) is 5.25. The summed E-state index contributed by atoms with van der Waals surface area (Å²) in [6.07, 6.45) is 5.33. The van der Waals surface area contributed by atoms with Gasteiger partial charge in [0.25, 0.3) is 0 Å². The Kier molecular flexibility index (Phi) is 5.97. The van der Waals surface area contributed by atoms with Crippen LogP contribution in [0.25, 0.3) is 11.0 Å². The molecule has 3 aromatic heterocycles. The third kappa shape index (κ3) is 4.42. The van der Waals surface area contributed by atoms with Crippen LogP contribution in [0.5, 0.6) is 6.01 Å². The van der Waals surface area contributed by atoms with Crippen molar-refractivity contribution in [3.05, 3.63) is 24.0 Å². The number of pyridine rings is 1. The van der Waals surface area contributed by atoms with Gasteiger partial charge >= 0.3 is 12.0 Å². The molecule has 3 atom stereocenters. The van der Waals surface area contributed by atoms with Crippen LogP contribution in [-0.4, -0.2) is 69.7 Å². The molecule has 1 unspecified atom stereocenters. The molecule has 12 heteroatoms. The van der Waals surface area contributed by atoms with Gasteiger partial charge in [0.2, 0.25) is 5.13 Å². The number of nitrogens with one attached hydrogen (secondary N) is 3. The van der Waals surface area contributed by atoms with E-state index in [1.165, 1.54) is 0 Å². The second-order valence-electron chi connectivity index (χ2n) is 8.29. The largest absolute Gasteiger partial charge is 0.460 e. The van der Waals surface area contributed by atoms with Crippen LogP contribution in [0.4, 0.5) is 15.6 Å². The summed E-state index contributed by atoms with van der Waals surface area (Å²) in [5, 5.41) is 17.3. The number of hydrogen-bond acceptors (Lipinski definition) is 9. The van der Waals surface area contributed by atoms with E-state index >= 15 is 0 Å². The number of carbonyl (C=O) groups excluding carboxylic acids is 1. The molecule has 1 aliphatic heterocycles. The number of amides is 2. The summed E-state index contributed by atoms with van der Waals surface area (Å²) in [6.45, 7) is 2.20. The van der Waals surface area contributed by atoms with Crippen LogP contribution in [0.15, 0.2) is 18.5 Å². The van der Waals surface area contributed by atoms with Crippen molar-refractivity contribution in [2.45, 2.75) is 18.9 Å². The number of aromatic amines is 1. The van der Waals surface area contributed by atoms with Crippen LogP contribution in [0.2, 0.25) is 0 Å². The van der Waals surface area contributed by atoms with E-state index in [-0.39, 0.29) is 18.1 Å². The molecule has 2 aliphatic rings. The number of ether oxygens (including phenoxy) is 2. The summed E-state index contributed by atoms with van der Waals surface area (Å²) in [7, 11) is 1.59. The van der Waals surface area contributed by atoms with Crippen LogP contribution >= 0.6 is 11.5 Å². The van der Waals surface area contributed by atoms with E-state index in [9.17, 15) is 10.1 Å². The molecule has 2 fully saturated rings. The number of rotatable bonds is 7. The van der Waals surface area contributed by atoms with Crippen molar-refractivity contribution in [3.63, 3.8) is 0 Å². The van der Waals surface area contributed by atoms with Crippen molar-refractivity contribution >= 4 is 39.4 Å². The Bertz CT molecular complexity index is 1170. The van der Waals surface area contributed by atoms with Gasteiger partial charge in [-0.15, -0.1) is 4.37 Å². The maximum atomic E-state index is 12.7. The molecule has 0 radical (unpaired) electrons. The smallest absolute Gasteiger partial charge is 0.330 e. The van der Waals surface area contributed by atoms with Crippen molar-refractivity contribution in [1.82, 2.24) is 24.2 Å². The van der Waals surface area contributed by atoms with Gasteiger partial charge in [-0.25, -0.2) is 9.78 Å². The summed E-state index contributed by atoms with van der Waals surface area (Å²) in [6, 6.07) is 4.51. The minimum absolute atomic E-state index is 0.163. The highest BCUT2D eigenvalue weighted by Crippen LogP contribution is 2.40. The minimum Gasteiger partial charge on any atom is -0.460 e. The summed E-state index contributed by atoms with van der Waals surface area (Å²) in [4.78, 5) is 26.1. The highest BCUT2D eigenvalue weighted by molar-refractivity contribution is 7.10. The molecule has 4 heterocycles. The second-order valence-corrected chi connectivity index (χ2v) is 9.04. The molecule has 33 heavy (non-hydrogen) atoms. The maximum Gasteiger partial charge on any atom is 0.330 e. The first-order valence-electron chi connectivity index (χ1n) is 10.8. The third-order valence-corrected chi connectivity index (χ3v) is 6.85. The van der Waals surface area contributed by atoms with Gasteiger partial charge in [0.05, 0.1) is 17.9 Å². The number of likely N-dealkylation sites (tertiary alicyclic amines) is 1. The zero-order chi connectivity index (χ0) is 22.8. The average Bonchev–Trinajstić information content (AvgIpc) is 3.58. The van der Waals surface area contributed by atoms with Crippen molar-refractivity contribution in [3.8, 4) is 12.1 Å². The van der Waals surface area contributed by atoms with E-state index in [0.29, 0.717) is 48.8 Å². The predicted octanol–water partition coefficient (Wildman–Crippen LogP) is 2.67. The van der Waals surface area contributed by atoms with E-state index < -0.39 is 0 Å². The number of carbonyl (C=O) groups is 1. The van der Waals surface area contributed by atoms with Crippen molar-refractivity contribution in [2.24, 2.45) is 11.8 Å². The fraction of sp³-hybridized carbons (Fsp3) is 0.476. The Balaban J connectivity index is 1.16. The van der Waals surface area contributed by atoms with Crippen LogP contribution in [-0.2, 0) is 4.74 Å². The lowest BCUT2D eigenvalue weighted by atomic mass is 10.0. The first kappa shape index (κ1) is 21.4. The molecule has 1 saturated carbocycles. The monoisotopic (exact) mass is 468 g/mol. The fourth-order valence-electron chi connectivity index (χ4n) is 4.74. The van der Waals surface area contributed by atoms with Crippen molar-refractivity contribution in [1.29, 1.82) is 5.26 Å². The molecule has 3 aromatic rings. The second kappa shape index (κ2) is 9.21. The average molecular weight is 469 g/mol. The van der Waals surface area contributed by atoms with E-state index in [1.807, 2.05) is 17.2 Å². The normalized spacial score (nSPS) is 21.7. The number of aromatic nitrogens is 4. The van der Waals surface area contributed by atoms with Gasteiger partial charge in [0, 0.05) is 55.6 Å². The van der Waals surface area contributed by atoms with Gasteiger partial charge in [-0.1, -0.05) is 0 Å². The zero-order valence-corrected chi connectivity index (χ0v) is 18.9. The summed E-state index contributed by atoms with van der Waals surface area (Å²) >= 11 is 1.09. The molecular formula is C21H24N8O3S. The van der Waals surface area contributed by atoms with E-state index in [0.717, 1.165) is 41.1 Å². The predicted molar refractivity (Wildman–Crippen MR) is 122 cm³/mol. The van der Waals surface area contributed by atoms with Gasteiger partial charge in [0.1, 0.15) is 18.3 Å². The van der Waals surface area contributed by atoms with Crippen LogP contribution < -0.4 is 15.4 Å². The number of nitrogens with zero attached hydrogens (tertiary/aromatic N) is 5. The quantitative estimate of drug-likeness (QED) is 0.450. The number of hydrogen-bond donors (Lipinski definition) is 3. The molecule has 0 spiro atoms. The van der Waals surface area contributed by atoms with Gasteiger partial charge in [-0.05, 0) is 30.7 Å². The number of H-pyrrole nitrogens is 1. The Hall–Kier alpha value is -3.43. The molecule has 2 amide bonds. The Morgan fingerprint density at radius 2 is 2.18 bits per heavy atom. The van der Waals surface area contributed by atoms with Gasteiger partial charge < -0.3 is 24.7 Å². The van der Waals surface area contributed by atoms with Crippen LogP contribution in [0, 0.1) is 23.2 Å². The first-order valence-corrected chi connectivity index (χ1v) is 11.6. The number of urea groups is 1. The van der Waals surface area contributed by atoms with Gasteiger partial charge in [-0.2, -0.15) is 10.2 Å². The van der Waals surface area contributed by atoms with Crippen molar-refractivity contribution in [2.75, 3.05) is 44.0 Å². The first-order chi connectivity index (χ1) is 16.1. The number of fused-ring (bicyclic) bond motifs is 2. The Morgan fingerprint density at radius 3 is 2.94 bits per heavy atom. The lowest BCUT2D eigenvalue weighted by Gasteiger charge is -2.21. The molecule has 1 saturated heterocycles. The maximum absolute atomic E-state index is 12.7. The third-order valence-electron chi connectivity index (χ3n) is 6.23. The molecular weight excluding hydrogens is 444 g/mol. The molecule has 0 aromatic carbocycles. The highest BCUT2D eigenvalue weighted by Gasteiger charge is 2.42. The molecule has 0 bridgehead atoms. The van der Waals surface area contributed by atoms with Crippen LogP contribution in [0.1, 0.15) is 18.4 Å². The van der Waals surface area contributed by atoms with E-state index in [1.54, 1.807) is 13.3 Å². The lowest BCUT2D eigenvalue weighted by molar-refractivity contribution is 0.141. The Labute approximate surface area is 194 Å². The summed E-state index contributed by atoms with van der Waals surface area (Å²) in [5.41, 5.74) is 2.15. The van der Waals surface area contributed by atoms with Crippen molar-refractivity contribution < 1.29 is 14.3 Å². The minimum atomic E-state index is -0.163. The molecule has 5 rings (SSSR count). The van der Waals surface area contributed by atoms with Gasteiger partial charge in [0.15, 0.2) is 0 Å². The highest BCUT2D eigenvalue weighted by atomic mass is 32.1. The molecule has 172 valence electrons. The summed E-state index contributed by atoms with van der Waals surface area (Å²) in [5.74, 6) is 0.842. The van der Waals surface area contributed by atoms with Gasteiger partial charge in [-0.3, -0.25) is 5.32 Å². The Morgan fingerprint density at radius 1 is 1.36 bits per heavy atom. The molecule has 1 aliphatic carbocycles. The number of nitriles is 1. The topological polar surface area (TPSA) is 141 Å². The zero-order valence-electron chi connectivity index (χ0n) is 18.1. The number of anilines is 2. The molecule has 11 nitrogen and oxygen atoms in total. The summed E-state index contributed by atoms with van der Waals surface area (Å²) < 4.78 is 14.4.